The van der Waals surface area contributed by atoms with Crippen molar-refractivity contribution in [3.8, 4) is 5.75 Å². The standard InChI is InChI=1S/C21H19F2N5O2/c1-3-28-18(9-10-24-28)26-21(29)19-13(2)25-20-17(8-5-11-27(19)20)30-12-14-15(22)6-4-7-16(14)23/h4-11H,3,12H2,1-2H3,(H,26,29). The zero-order chi connectivity index (χ0) is 21.3. The first kappa shape index (κ1) is 19.6. The van der Waals surface area contributed by atoms with Crippen molar-refractivity contribution >= 4 is 17.4 Å². The lowest BCUT2D eigenvalue weighted by molar-refractivity contribution is 0.102. The van der Waals surface area contributed by atoms with E-state index in [9.17, 15) is 13.6 Å². The average Bonchev–Trinajstić information content (AvgIpc) is 3.30. The van der Waals surface area contributed by atoms with Crippen LogP contribution >= 0.6 is 0 Å². The summed E-state index contributed by atoms with van der Waals surface area (Å²) in [6.07, 6.45) is 3.28. The summed E-state index contributed by atoms with van der Waals surface area (Å²) in [5.41, 5.74) is 1.02. The molecule has 3 heterocycles. The van der Waals surface area contributed by atoms with E-state index in [1.165, 1.54) is 18.2 Å². The molecular formula is C21H19F2N5O2. The van der Waals surface area contributed by atoms with Crippen molar-refractivity contribution in [3.05, 3.63) is 77.4 Å². The van der Waals surface area contributed by atoms with Crippen LogP contribution in [0.5, 0.6) is 5.75 Å². The molecule has 0 saturated carbocycles. The topological polar surface area (TPSA) is 73.5 Å². The molecule has 30 heavy (non-hydrogen) atoms. The quantitative estimate of drug-likeness (QED) is 0.521. The minimum absolute atomic E-state index is 0.173. The van der Waals surface area contributed by atoms with Gasteiger partial charge in [-0.2, -0.15) is 5.10 Å². The Labute approximate surface area is 170 Å². The van der Waals surface area contributed by atoms with Gasteiger partial charge in [-0.15, -0.1) is 0 Å². The van der Waals surface area contributed by atoms with Gasteiger partial charge in [0.15, 0.2) is 11.4 Å². The summed E-state index contributed by atoms with van der Waals surface area (Å²) >= 11 is 0. The number of nitrogens with one attached hydrogen (secondary N) is 1. The summed E-state index contributed by atoms with van der Waals surface area (Å²) in [6.45, 7) is 3.93. The van der Waals surface area contributed by atoms with Gasteiger partial charge >= 0.3 is 0 Å². The zero-order valence-electron chi connectivity index (χ0n) is 16.4. The number of anilines is 1. The molecule has 0 unspecified atom stereocenters. The van der Waals surface area contributed by atoms with E-state index >= 15 is 0 Å². The number of fused-ring (bicyclic) bond motifs is 1. The van der Waals surface area contributed by atoms with Crippen LogP contribution in [0, 0.1) is 18.6 Å². The first-order chi connectivity index (χ1) is 14.5. The lowest BCUT2D eigenvalue weighted by Crippen LogP contribution is -2.18. The SMILES string of the molecule is CCn1nccc1NC(=O)c1c(C)nc2c(OCc3c(F)cccc3F)cccn12. The Bertz CT molecular complexity index is 1210. The Morgan fingerprint density at radius 2 is 1.93 bits per heavy atom. The molecule has 0 spiro atoms. The molecule has 9 heteroatoms. The van der Waals surface area contributed by atoms with Crippen molar-refractivity contribution in [1.82, 2.24) is 19.2 Å². The number of carbonyl (C=O) groups is 1. The van der Waals surface area contributed by atoms with Gasteiger partial charge in [-0.25, -0.2) is 18.4 Å². The van der Waals surface area contributed by atoms with E-state index in [0.717, 1.165) is 0 Å². The highest BCUT2D eigenvalue weighted by Crippen LogP contribution is 2.24. The van der Waals surface area contributed by atoms with Gasteiger partial charge in [0.05, 0.1) is 17.5 Å². The number of ether oxygens (including phenoxy) is 1. The third kappa shape index (κ3) is 3.49. The zero-order valence-corrected chi connectivity index (χ0v) is 16.4. The highest BCUT2D eigenvalue weighted by atomic mass is 19.1. The molecule has 0 atom stereocenters. The maximum absolute atomic E-state index is 13.9. The van der Waals surface area contributed by atoms with Crippen molar-refractivity contribution < 1.29 is 18.3 Å². The van der Waals surface area contributed by atoms with Crippen LogP contribution in [0.2, 0.25) is 0 Å². The van der Waals surface area contributed by atoms with Crippen molar-refractivity contribution in [1.29, 1.82) is 0 Å². The van der Waals surface area contributed by atoms with Crippen LogP contribution in [0.4, 0.5) is 14.6 Å². The number of rotatable bonds is 6. The summed E-state index contributed by atoms with van der Waals surface area (Å²) in [4.78, 5) is 17.3. The fourth-order valence-corrected chi connectivity index (χ4v) is 3.23. The van der Waals surface area contributed by atoms with Gasteiger partial charge in [-0.3, -0.25) is 9.20 Å². The summed E-state index contributed by atoms with van der Waals surface area (Å²) < 4.78 is 36.7. The predicted octanol–water partition coefficient (Wildman–Crippen LogP) is 3.97. The van der Waals surface area contributed by atoms with Crippen LogP contribution < -0.4 is 10.1 Å². The third-order valence-electron chi connectivity index (χ3n) is 4.69. The van der Waals surface area contributed by atoms with E-state index in [1.54, 1.807) is 46.6 Å². The molecule has 7 nitrogen and oxygen atoms in total. The highest BCUT2D eigenvalue weighted by molar-refractivity contribution is 6.04. The third-order valence-corrected chi connectivity index (χ3v) is 4.69. The van der Waals surface area contributed by atoms with Gasteiger partial charge in [0.25, 0.3) is 5.91 Å². The van der Waals surface area contributed by atoms with Crippen molar-refractivity contribution in [3.63, 3.8) is 0 Å². The normalized spacial score (nSPS) is 11.1. The number of aromatic nitrogens is 4. The van der Waals surface area contributed by atoms with E-state index in [4.69, 9.17) is 4.74 Å². The lowest BCUT2D eigenvalue weighted by Gasteiger charge is -2.10. The van der Waals surface area contributed by atoms with E-state index < -0.39 is 11.6 Å². The van der Waals surface area contributed by atoms with Gasteiger partial charge in [-0.1, -0.05) is 6.07 Å². The molecule has 0 bridgehead atoms. The van der Waals surface area contributed by atoms with Crippen molar-refractivity contribution in [2.45, 2.75) is 27.0 Å². The van der Waals surface area contributed by atoms with Gasteiger partial charge in [0.2, 0.25) is 0 Å². The van der Waals surface area contributed by atoms with Crippen LogP contribution in [0.25, 0.3) is 5.65 Å². The molecule has 1 N–H and O–H groups in total. The number of amides is 1. The van der Waals surface area contributed by atoms with E-state index in [0.29, 0.717) is 35.1 Å². The van der Waals surface area contributed by atoms with Crippen molar-refractivity contribution in [2.24, 2.45) is 0 Å². The van der Waals surface area contributed by atoms with Crippen molar-refractivity contribution in [2.75, 3.05) is 5.32 Å². The van der Waals surface area contributed by atoms with E-state index in [2.05, 4.69) is 15.4 Å². The summed E-state index contributed by atoms with van der Waals surface area (Å²) in [7, 11) is 0. The highest BCUT2D eigenvalue weighted by Gasteiger charge is 2.20. The van der Waals surface area contributed by atoms with Crippen LogP contribution in [0.3, 0.4) is 0 Å². The second kappa shape index (κ2) is 7.94. The summed E-state index contributed by atoms with van der Waals surface area (Å²) in [5, 5.41) is 6.96. The predicted molar refractivity (Wildman–Crippen MR) is 106 cm³/mol. The number of aryl methyl sites for hydroxylation is 2. The molecule has 3 aromatic heterocycles. The molecule has 0 radical (unpaired) electrons. The Morgan fingerprint density at radius 3 is 2.67 bits per heavy atom. The molecule has 0 aliphatic heterocycles. The fourth-order valence-electron chi connectivity index (χ4n) is 3.23. The number of benzene rings is 1. The van der Waals surface area contributed by atoms with Crippen LogP contribution in [0.1, 0.15) is 28.7 Å². The Balaban J connectivity index is 1.64. The fraction of sp³-hybridized carbons (Fsp3) is 0.190. The molecule has 1 aromatic carbocycles. The second-order valence-electron chi connectivity index (χ2n) is 6.59. The molecular weight excluding hydrogens is 392 g/mol. The lowest BCUT2D eigenvalue weighted by atomic mass is 10.2. The molecule has 1 amide bonds. The first-order valence-corrected chi connectivity index (χ1v) is 9.36. The number of hydrogen-bond donors (Lipinski definition) is 1. The number of carbonyl (C=O) groups excluding carboxylic acids is 1. The first-order valence-electron chi connectivity index (χ1n) is 9.36. The van der Waals surface area contributed by atoms with Gasteiger partial charge < -0.3 is 10.1 Å². The minimum atomic E-state index is -0.686. The molecule has 0 fully saturated rings. The largest absolute Gasteiger partial charge is 0.485 e. The van der Waals surface area contributed by atoms with Crippen LogP contribution in [-0.2, 0) is 13.2 Å². The second-order valence-corrected chi connectivity index (χ2v) is 6.59. The van der Waals surface area contributed by atoms with Gasteiger partial charge in [0.1, 0.15) is 29.8 Å². The summed E-state index contributed by atoms with van der Waals surface area (Å²) in [6, 6.07) is 8.65. The molecule has 0 aliphatic carbocycles. The molecule has 0 saturated heterocycles. The number of pyridine rings is 1. The molecule has 4 rings (SSSR count). The number of halogens is 2. The van der Waals surface area contributed by atoms with Crippen LogP contribution in [-0.4, -0.2) is 25.1 Å². The van der Waals surface area contributed by atoms with Gasteiger partial charge in [0, 0.05) is 18.8 Å². The molecule has 154 valence electrons. The monoisotopic (exact) mass is 411 g/mol. The van der Waals surface area contributed by atoms with E-state index in [1.807, 2.05) is 6.92 Å². The number of nitrogens with zero attached hydrogens (tertiary/aromatic N) is 4. The summed E-state index contributed by atoms with van der Waals surface area (Å²) in [5.74, 6) is -0.851. The average molecular weight is 411 g/mol. The van der Waals surface area contributed by atoms with Crippen LogP contribution in [0.15, 0.2) is 48.8 Å². The smallest absolute Gasteiger partial charge is 0.275 e. The Morgan fingerprint density at radius 1 is 1.17 bits per heavy atom. The molecule has 0 aliphatic rings. The Hall–Kier alpha value is -3.75. The Kier molecular flexibility index (Phi) is 5.18. The maximum atomic E-state index is 13.9. The van der Waals surface area contributed by atoms with Gasteiger partial charge in [-0.05, 0) is 38.1 Å². The molecule has 4 aromatic rings. The minimum Gasteiger partial charge on any atom is -0.485 e. The number of hydrogen-bond acceptors (Lipinski definition) is 4. The number of imidazole rings is 1. The maximum Gasteiger partial charge on any atom is 0.275 e. The van der Waals surface area contributed by atoms with E-state index in [-0.39, 0.29) is 18.1 Å².